The van der Waals surface area contributed by atoms with Gasteiger partial charge in [0, 0.05) is 29.7 Å². The average Bonchev–Trinajstić information content (AvgIpc) is 3.20. The maximum Gasteiger partial charge on any atom is 0.257 e. The van der Waals surface area contributed by atoms with E-state index in [1.165, 1.54) is 11.3 Å². The SMILES string of the molecule is O=C1CN(c2ccc(NC(=O)Cc3csc(NC(=O)c4ccccc4)n3)cc2Cl)CCN1. The Balaban J connectivity index is 1.33. The third-order valence-electron chi connectivity index (χ3n) is 4.76. The summed E-state index contributed by atoms with van der Waals surface area (Å²) in [7, 11) is 0. The summed E-state index contributed by atoms with van der Waals surface area (Å²) in [6.45, 7) is 1.48. The smallest absolute Gasteiger partial charge is 0.257 e. The highest BCUT2D eigenvalue weighted by Gasteiger charge is 2.19. The zero-order valence-electron chi connectivity index (χ0n) is 16.9. The maximum absolute atomic E-state index is 12.4. The molecule has 8 nitrogen and oxygen atoms in total. The van der Waals surface area contributed by atoms with Crippen molar-refractivity contribution < 1.29 is 14.4 Å². The number of anilines is 3. The number of piperazine rings is 1. The monoisotopic (exact) mass is 469 g/mol. The lowest BCUT2D eigenvalue weighted by Crippen LogP contribution is -2.47. The van der Waals surface area contributed by atoms with Crippen LogP contribution in [0.15, 0.2) is 53.9 Å². The Morgan fingerprint density at radius 3 is 2.72 bits per heavy atom. The van der Waals surface area contributed by atoms with E-state index in [-0.39, 0.29) is 30.7 Å². The number of nitrogens with zero attached hydrogens (tertiary/aromatic N) is 2. The van der Waals surface area contributed by atoms with E-state index in [4.69, 9.17) is 11.6 Å². The molecule has 2 heterocycles. The van der Waals surface area contributed by atoms with Crippen LogP contribution in [0.2, 0.25) is 5.02 Å². The first-order chi connectivity index (χ1) is 15.5. The van der Waals surface area contributed by atoms with Gasteiger partial charge < -0.3 is 15.5 Å². The number of carbonyl (C=O) groups is 3. The minimum atomic E-state index is -0.253. The fourth-order valence-electron chi connectivity index (χ4n) is 3.26. The first-order valence-corrected chi connectivity index (χ1v) is 11.2. The lowest BCUT2D eigenvalue weighted by Gasteiger charge is -2.29. The largest absolute Gasteiger partial charge is 0.359 e. The van der Waals surface area contributed by atoms with E-state index < -0.39 is 0 Å². The van der Waals surface area contributed by atoms with Gasteiger partial charge in [0.05, 0.1) is 29.4 Å². The lowest BCUT2D eigenvalue weighted by molar-refractivity contribution is -0.120. The minimum Gasteiger partial charge on any atom is -0.359 e. The first-order valence-electron chi connectivity index (χ1n) is 9.90. The Morgan fingerprint density at radius 2 is 1.97 bits per heavy atom. The van der Waals surface area contributed by atoms with E-state index >= 15 is 0 Å². The standard InChI is InChI=1S/C22H20ClN5O3S/c23-17-10-15(6-7-18(17)28-9-8-24-20(30)12-28)25-19(29)11-16-13-32-22(26-16)27-21(31)14-4-2-1-3-5-14/h1-7,10,13H,8-9,11-12H2,(H,24,30)(H,25,29)(H,26,27,31). The van der Waals surface area contributed by atoms with Crippen molar-refractivity contribution in [3.05, 3.63) is 70.2 Å². The molecule has 3 N–H and O–H groups in total. The highest BCUT2D eigenvalue weighted by atomic mass is 35.5. The van der Waals surface area contributed by atoms with Gasteiger partial charge in [-0.1, -0.05) is 29.8 Å². The van der Waals surface area contributed by atoms with Crippen LogP contribution in [0, 0.1) is 0 Å². The van der Waals surface area contributed by atoms with Crippen LogP contribution >= 0.6 is 22.9 Å². The molecule has 1 saturated heterocycles. The lowest BCUT2D eigenvalue weighted by atomic mass is 10.2. The van der Waals surface area contributed by atoms with Gasteiger partial charge in [-0.15, -0.1) is 11.3 Å². The molecular weight excluding hydrogens is 450 g/mol. The highest BCUT2D eigenvalue weighted by Crippen LogP contribution is 2.29. The van der Waals surface area contributed by atoms with Crippen molar-refractivity contribution in [1.29, 1.82) is 0 Å². The number of benzene rings is 2. The molecule has 0 radical (unpaired) electrons. The predicted molar refractivity (Wildman–Crippen MR) is 126 cm³/mol. The molecule has 2 aromatic carbocycles. The van der Waals surface area contributed by atoms with Crippen LogP contribution in [0.3, 0.4) is 0 Å². The average molecular weight is 470 g/mol. The van der Waals surface area contributed by atoms with Gasteiger partial charge in [-0.2, -0.15) is 0 Å². The molecule has 0 unspecified atom stereocenters. The molecular formula is C22H20ClN5O3S. The fraction of sp³-hybridized carbons (Fsp3) is 0.182. The van der Waals surface area contributed by atoms with E-state index in [0.29, 0.717) is 40.2 Å². The van der Waals surface area contributed by atoms with Gasteiger partial charge in [0.15, 0.2) is 5.13 Å². The van der Waals surface area contributed by atoms with Crippen LogP contribution < -0.4 is 20.9 Å². The number of nitrogens with one attached hydrogen (secondary N) is 3. The van der Waals surface area contributed by atoms with Crippen LogP contribution in [-0.4, -0.2) is 42.3 Å². The second kappa shape index (κ2) is 9.80. The van der Waals surface area contributed by atoms with Gasteiger partial charge >= 0.3 is 0 Å². The summed E-state index contributed by atoms with van der Waals surface area (Å²) in [5, 5.41) is 10.9. The topological polar surface area (TPSA) is 103 Å². The molecule has 0 saturated carbocycles. The number of hydrogen-bond acceptors (Lipinski definition) is 6. The molecule has 4 rings (SSSR count). The van der Waals surface area contributed by atoms with Crippen molar-refractivity contribution in [1.82, 2.24) is 10.3 Å². The molecule has 3 aromatic rings. The Labute approximate surface area is 193 Å². The predicted octanol–water partition coefficient (Wildman–Crippen LogP) is 3.17. The van der Waals surface area contributed by atoms with Crippen LogP contribution in [0.1, 0.15) is 16.1 Å². The minimum absolute atomic E-state index is 0.0488. The van der Waals surface area contributed by atoms with E-state index in [1.807, 2.05) is 11.0 Å². The molecule has 1 aromatic heterocycles. The van der Waals surface area contributed by atoms with Crippen molar-refractivity contribution in [2.75, 3.05) is 35.2 Å². The number of rotatable bonds is 6. The fourth-order valence-corrected chi connectivity index (χ4v) is 4.26. The molecule has 0 spiro atoms. The van der Waals surface area contributed by atoms with Crippen LogP contribution in [-0.2, 0) is 16.0 Å². The maximum atomic E-state index is 12.4. The van der Waals surface area contributed by atoms with Crippen LogP contribution in [0.5, 0.6) is 0 Å². The van der Waals surface area contributed by atoms with Crippen molar-refractivity contribution in [3.63, 3.8) is 0 Å². The first kappa shape index (κ1) is 21.8. The van der Waals surface area contributed by atoms with Gasteiger partial charge in [0.2, 0.25) is 11.8 Å². The number of carbonyl (C=O) groups excluding carboxylic acids is 3. The number of amides is 3. The second-order valence-corrected chi connectivity index (χ2v) is 8.39. The molecule has 1 fully saturated rings. The van der Waals surface area contributed by atoms with Gasteiger partial charge in [0.1, 0.15) is 0 Å². The van der Waals surface area contributed by atoms with Gasteiger partial charge in [0.25, 0.3) is 5.91 Å². The number of aromatic nitrogens is 1. The summed E-state index contributed by atoms with van der Waals surface area (Å²) in [6, 6.07) is 14.0. The summed E-state index contributed by atoms with van der Waals surface area (Å²) >= 11 is 7.64. The molecule has 0 aliphatic carbocycles. The molecule has 1 aliphatic rings. The summed E-state index contributed by atoms with van der Waals surface area (Å²) in [6.07, 6.45) is 0.0589. The van der Waals surface area contributed by atoms with Crippen LogP contribution in [0.25, 0.3) is 0 Å². The Kier molecular flexibility index (Phi) is 6.67. The van der Waals surface area contributed by atoms with E-state index in [2.05, 4.69) is 20.9 Å². The Bertz CT molecular complexity index is 1150. The number of thiazole rings is 1. The third-order valence-corrected chi connectivity index (χ3v) is 5.87. The van der Waals surface area contributed by atoms with Gasteiger partial charge in [-0.25, -0.2) is 4.98 Å². The Hall–Kier alpha value is -3.43. The van der Waals surface area contributed by atoms with Crippen LogP contribution in [0.4, 0.5) is 16.5 Å². The number of hydrogen-bond donors (Lipinski definition) is 3. The highest BCUT2D eigenvalue weighted by molar-refractivity contribution is 7.14. The van der Waals surface area contributed by atoms with Gasteiger partial charge in [-0.05, 0) is 30.3 Å². The van der Waals surface area contributed by atoms with E-state index in [1.54, 1.807) is 47.8 Å². The second-order valence-electron chi connectivity index (χ2n) is 7.13. The summed E-state index contributed by atoms with van der Waals surface area (Å²) in [5.41, 5.74) is 2.39. The zero-order chi connectivity index (χ0) is 22.5. The summed E-state index contributed by atoms with van der Waals surface area (Å²) in [5.74, 6) is -0.554. The number of halogens is 1. The Morgan fingerprint density at radius 1 is 1.16 bits per heavy atom. The molecule has 164 valence electrons. The zero-order valence-corrected chi connectivity index (χ0v) is 18.5. The van der Waals surface area contributed by atoms with Crippen molar-refractivity contribution in [3.8, 4) is 0 Å². The molecule has 0 atom stereocenters. The van der Waals surface area contributed by atoms with E-state index in [0.717, 1.165) is 5.69 Å². The normalized spacial score (nSPS) is 13.4. The molecule has 0 bridgehead atoms. The van der Waals surface area contributed by atoms with Crippen molar-refractivity contribution in [2.45, 2.75) is 6.42 Å². The van der Waals surface area contributed by atoms with Crippen molar-refractivity contribution >= 4 is 57.2 Å². The van der Waals surface area contributed by atoms with Crippen molar-refractivity contribution in [2.24, 2.45) is 0 Å². The quantitative estimate of drug-likeness (QED) is 0.514. The molecule has 1 aliphatic heterocycles. The molecule has 32 heavy (non-hydrogen) atoms. The molecule has 10 heteroatoms. The van der Waals surface area contributed by atoms with Gasteiger partial charge in [-0.3, -0.25) is 19.7 Å². The van der Waals surface area contributed by atoms with E-state index in [9.17, 15) is 14.4 Å². The third kappa shape index (κ3) is 5.43. The molecule has 3 amide bonds. The summed E-state index contributed by atoms with van der Waals surface area (Å²) in [4.78, 5) is 42.5. The summed E-state index contributed by atoms with van der Waals surface area (Å²) < 4.78 is 0.